The fourth-order valence-corrected chi connectivity index (χ4v) is 3.69. The largest absolute Gasteiger partial charge is 0.289 e. The summed E-state index contributed by atoms with van der Waals surface area (Å²) >= 11 is 6.58. The smallest absolute Gasteiger partial charge is 0.269 e. The number of rotatable bonds is 15. The van der Waals surface area contributed by atoms with E-state index in [9.17, 15) is 4.79 Å². The molecular formula is C22H36ClNO2. The number of alkyl halides is 1. The van der Waals surface area contributed by atoms with Crippen molar-refractivity contribution in [1.29, 1.82) is 0 Å². The molecule has 0 aliphatic heterocycles. The van der Waals surface area contributed by atoms with Crippen molar-refractivity contribution in [1.82, 2.24) is 5.48 Å². The number of carbonyl (C=O) groups is 1. The van der Waals surface area contributed by atoms with Gasteiger partial charge in [0.15, 0.2) is 0 Å². The molecule has 1 aromatic carbocycles. The van der Waals surface area contributed by atoms with E-state index < -0.39 is 10.8 Å². The second kappa shape index (κ2) is 14.1. The van der Waals surface area contributed by atoms with Crippen LogP contribution in [-0.4, -0.2) is 11.1 Å². The Labute approximate surface area is 164 Å². The summed E-state index contributed by atoms with van der Waals surface area (Å²) in [6, 6.07) is 9.28. The predicted octanol–water partition coefficient (Wildman–Crippen LogP) is 6.72. The Hall–Kier alpha value is -1.06. The maximum Gasteiger partial charge on any atom is 0.269 e. The molecule has 1 rings (SSSR count). The minimum Gasteiger partial charge on any atom is -0.289 e. The van der Waals surface area contributed by atoms with Crippen molar-refractivity contribution in [3.05, 3.63) is 35.9 Å². The Kier molecular flexibility index (Phi) is 12.4. The molecular weight excluding hydrogens is 346 g/mol. The van der Waals surface area contributed by atoms with Crippen molar-refractivity contribution in [2.24, 2.45) is 0 Å². The van der Waals surface area contributed by atoms with Gasteiger partial charge in [0.25, 0.3) is 5.91 Å². The Morgan fingerprint density at radius 3 is 1.81 bits per heavy atom. The zero-order chi connectivity index (χ0) is 19.1. The molecule has 26 heavy (non-hydrogen) atoms. The first-order valence-electron chi connectivity index (χ1n) is 10.3. The predicted molar refractivity (Wildman–Crippen MR) is 110 cm³/mol. The van der Waals surface area contributed by atoms with Crippen LogP contribution < -0.4 is 5.48 Å². The van der Waals surface area contributed by atoms with Gasteiger partial charge in [-0.3, -0.25) is 10.0 Å². The maximum absolute atomic E-state index is 12.1. The molecule has 0 aliphatic carbocycles. The van der Waals surface area contributed by atoms with Gasteiger partial charge in [0.1, 0.15) is 4.87 Å². The minimum atomic E-state index is -1.19. The summed E-state index contributed by atoms with van der Waals surface area (Å²) in [5.41, 5.74) is 2.46. The van der Waals surface area contributed by atoms with Crippen molar-refractivity contribution < 1.29 is 10.0 Å². The van der Waals surface area contributed by atoms with E-state index in [1.807, 2.05) is 30.3 Å². The number of halogens is 1. The fourth-order valence-electron chi connectivity index (χ4n) is 3.39. The van der Waals surface area contributed by atoms with Gasteiger partial charge in [-0.15, -0.1) is 11.6 Å². The van der Waals surface area contributed by atoms with Crippen molar-refractivity contribution in [2.75, 3.05) is 0 Å². The molecule has 0 bridgehead atoms. The van der Waals surface area contributed by atoms with Gasteiger partial charge in [-0.2, -0.15) is 0 Å². The number of hydroxylamine groups is 1. The average molecular weight is 382 g/mol. The van der Waals surface area contributed by atoms with Crippen LogP contribution in [0.2, 0.25) is 0 Å². The van der Waals surface area contributed by atoms with Crippen LogP contribution in [0.4, 0.5) is 0 Å². The van der Waals surface area contributed by atoms with Gasteiger partial charge in [0, 0.05) is 0 Å². The SMILES string of the molecule is CCCCCCCCCCCCCCC(Cl)(C(=O)NO)c1ccccc1. The summed E-state index contributed by atoms with van der Waals surface area (Å²) in [5.74, 6) is -0.548. The number of unbranched alkanes of at least 4 members (excludes halogenated alkanes) is 11. The molecule has 0 aromatic heterocycles. The number of nitrogens with one attached hydrogen (secondary N) is 1. The van der Waals surface area contributed by atoms with Crippen LogP contribution >= 0.6 is 11.6 Å². The lowest BCUT2D eigenvalue weighted by molar-refractivity contribution is -0.132. The van der Waals surface area contributed by atoms with E-state index in [2.05, 4.69) is 6.92 Å². The van der Waals surface area contributed by atoms with Gasteiger partial charge in [-0.05, 0) is 12.0 Å². The van der Waals surface area contributed by atoms with E-state index in [1.165, 1.54) is 64.2 Å². The second-order valence-electron chi connectivity index (χ2n) is 7.25. The first-order valence-corrected chi connectivity index (χ1v) is 10.7. The molecule has 1 unspecified atom stereocenters. The van der Waals surface area contributed by atoms with Crippen LogP contribution in [0.15, 0.2) is 30.3 Å². The molecule has 0 radical (unpaired) electrons. The Bertz CT molecular complexity index is 480. The monoisotopic (exact) mass is 381 g/mol. The van der Waals surface area contributed by atoms with Gasteiger partial charge < -0.3 is 0 Å². The summed E-state index contributed by atoms with van der Waals surface area (Å²) in [6.07, 6.45) is 15.7. The number of hydrogen-bond donors (Lipinski definition) is 2. The quantitative estimate of drug-likeness (QED) is 0.153. The van der Waals surface area contributed by atoms with Crippen LogP contribution in [-0.2, 0) is 9.67 Å². The topological polar surface area (TPSA) is 49.3 Å². The first-order chi connectivity index (χ1) is 12.6. The number of amides is 1. The lowest BCUT2D eigenvalue weighted by atomic mass is 9.91. The Morgan fingerprint density at radius 2 is 1.35 bits per heavy atom. The molecule has 3 nitrogen and oxygen atoms in total. The first kappa shape index (κ1) is 23.0. The van der Waals surface area contributed by atoms with E-state index in [4.69, 9.17) is 16.8 Å². The van der Waals surface area contributed by atoms with Crippen molar-refractivity contribution in [3.63, 3.8) is 0 Å². The highest BCUT2D eigenvalue weighted by atomic mass is 35.5. The van der Waals surface area contributed by atoms with Gasteiger partial charge in [-0.1, -0.05) is 114 Å². The molecule has 148 valence electrons. The van der Waals surface area contributed by atoms with Crippen LogP contribution in [0.5, 0.6) is 0 Å². The molecule has 0 saturated heterocycles. The molecule has 4 heteroatoms. The molecule has 0 aliphatic rings. The van der Waals surface area contributed by atoms with E-state index in [-0.39, 0.29) is 0 Å². The van der Waals surface area contributed by atoms with E-state index in [0.29, 0.717) is 6.42 Å². The highest BCUT2D eigenvalue weighted by Gasteiger charge is 2.37. The van der Waals surface area contributed by atoms with Crippen LogP contribution in [0.3, 0.4) is 0 Å². The van der Waals surface area contributed by atoms with Gasteiger partial charge in [0.05, 0.1) is 0 Å². The Balaban J connectivity index is 2.17. The molecule has 1 aromatic rings. The van der Waals surface area contributed by atoms with Crippen molar-refractivity contribution in [3.8, 4) is 0 Å². The third kappa shape index (κ3) is 8.55. The lowest BCUT2D eigenvalue weighted by Gasteiger charge is -2.25. The number of hydrogen-bond acceptors (Lipinski definition) is 2. The fraction of sp³-hybridized carbons (Fsp3) is 0.682. The number of carbonyl (C=O) groups excluding carboxylic acids is 1. The third-order valence-corrected chi connectivity index (χ3v) is 5.65. The van der Waals surface area contributed by atoms with Crippen LogP contribution in [0.25, 0.3) is 0 Å². The van der Waals surface area contributed by atoms with Crippen molar-refractivity contribution >= 4 is 17.5 Å². The highest BCUT2D eigenvalue weighted by molar-refractivity contribution is 6.34. The molecule has 0 fully saturated rings. The van der Waals surface area contributed by atoms with E-state index in [1.54, 1.807) is 5.48 Å². The summed E-state index contributed by atoms with van der Waals surface area (Å²) in [4.78, 5) is 10.9. The van der Waals surface area contributed by atoms with Crippen LogP contribution in [0.1, 0.15) is 96.0 Å². The molecule has 1 amide bonds. The normalized spacial score (nSPS) is 13.3. The van der Waals surface area contributed by atoms with E-state index in [0.717, 1.165) is 18.4 Å². The van der Waals surface area contributed by atoms with Gasteiger partial charge in [0.2, 0.25) is 0 Å². The second-order valence-corrected chi connectivity index (χ2v) is 7.89. The zero-order valence-corrected chi connectivity index (χ0v) is 17.1. The van der Waals surface area contributed by atoms with Gasteiger partial charge in [-0.25, -0.2) is 5.48 Å². The minimum absolute atomic E-state index is 0.530. The van der Waals surface area contributed by atoms with Gasteiger partial charge >= 0.3 is 0 Å². The molecule has 0 heterocycles. The summed E-state index contributed by atoms with van der Waals surface area (Å²) in [6.45, 7) is 2.25. The summed E-state index contributed by atoms with van der Waals surface area (Å²) in [5, 5.41) is 9.04. The molecule has 0 spiro atoms. The van der Waals surface area contributed by atoms with Crippen LogP contribution in [0, 0.1) is 0 Å². The maximum atomic E-state index is 12.1. The molecule has 1 atom stereocenters. The molecule has 0 saturated carbocycles. The summed E-state index contributed by atoms with van der Waals surface area (Å²) < 4.78 is 0. The van der Waals surface area contributed by atoms with Crippen molar-refractivity contribution in [2.45, 2.75) is 95.3 Å². The standard InChI is InChI=1S/C22H36ClNO2/c1-2-3-4-5-6-7-8-9-10-11-12-16-19-22(23,21(25)24-26)20-17-14-13-15-18-20/h13-15,17-18,26H,2-12,16,19H2,1H3,(H,24,25). The Morgan fingerprint density at radius 1 is 0.885 bits per heavy atom. The summed E-state index contributed by atoms with van der Waals surface area (Å²) in [7, 11) is 0. The number of benzene rings is 1. The third-order valence-electron chi connectivity index (χ3n) is 5.07. The van der Waals surface area contributed by atoms with E-state index >= 15 is 0 Å². The molecule has 2 N–H and O–H groups in total. The average Bonchev–Trinajstić information content (AvgIpc) is 2.68. The zero-order valence-electron chi connectivity index (χ0n) is 16.3. The highest BCUT2D eigenvalue weighted by Crippen LogP contribution is 2.35. The lowest BCUT2D eigenvalue weighted by Crippen LogP contribution is -2.38.